The number of aromatic amines is 1. The molecule has 0 radical (unpaired) electrons. The molecule has 2 fully saturated rings. The number of aryl methyl sites for hydroxylation is 1. The van der Waals surface area contributed by atoms with Crippen LogP contribution in [0.1, 0.15) is 66.2 Å². The molecule has 2 aliphatic heterocycles. The Morgan fingerprint density at radius 2 is 1.83 bits per heavy atom. The van der Waals surface area contributed by atoms with Crippen molar-refractivity contribution >= 4 is 15.9 Å². The Bertz CT molecular complexity index is 1000. The molecule has 9 nitrogen and oxygen atoms in total. The van der Waals surface area contributed by atoms with Gasteiger partial charge in [0.25, 0.3) is 5.91 Å². The fourth-order valence-corrected chi connectivity index (χ4v) is 6.20. The van der Waals surface area contributed by atoms with E-state index in [1.165, 1.54) is 10.5 Å². The summed E-state index contributed by atoms with van der Waals surface area (Å²) in [5.41, 5.74) is 1.96. The van der Waals surface area contributed by atoms with Crippen LogP contribution < -0.4 is 0 Å². The lowest BCUT2D eigenvalue weighted by molar-refractivity contribution is 0.0759. The number of aromatic nitrogens is 4. The maximum Gasteiger partial charge on any atom is 0.257 e. The van der Waals surface area contributed by atoms with Gasteiger partial charge in [0, 0.05) is 39.1 Å². The molecule has 164 valence electrons. The Morgan fingerprint density at radius 1 is 1.10 bits per heavy atom. The minimum absolute atomic E-state index is 0.00346. The summed E-state index contributed by atoms with van der Waals surface area (Å²) in [6, 6.07) is 0. The highest BCUT2D eigenvalue weighted by molar-refractivity contribution is 7.89. The van der Waals surface area contributed by atoms with E-state index >= 15 is 0 Å². The van der Waals surface area contributed by atoms with Crippen molar-refractivity contribution in [1.29, 1.82) is 0 Å². The average Bonchev–Trinajstić information content (AvgIpc) is 3.25. The first-order valence-corrected chi connectivity index (χ1v) is 12.1. The zero-order chi connectivity index (χ0) is 21.3. The van der Waals surface area contributed by atoms with E-state index in [1.54, 1.807) is 24.9 Å². The van der Waals surface area contributed by atoms with E-state index in [-0.39, 0.29) is 16.7 Å². The molecule has 0 aliphatic carbocycles. The van der Waals surface area contributed by atoms with Crippen molar-refractivity contribution < 1.29 is 13.2 Å². The molecule has 4 heterocycles. The lowest BCUT2D eigenvalue weighted by Crippen LogP contribution is -2.40. The number of rotatable bonds is 4. The third-order valence-electron chi connectivity index (χ3n) is 6.39. The van der Waals surface area contributed by atoms with Gasteiger partial charge in [-0.15, -0.1) is 0 Å². The van der Waals surface area contributed by atoms with Crippen LogP contribution in [0.4, 0.5) is 0 Å². The number of piperidine rings is 1. The van der Waals surface area contributed by atoms with E-state index in [9.17, 15) is 13.2 Å². The van der Waals surface area contributed by atoms with Crippen LogP contribution in [-0.4, -0.2) is 69.7 Å². The maximum atomic E-state index is 13.2. The lowest BCUT2D eigenvalue weighted by atomic mass is 9.93. The maximum absolute atomic E-state index is 13.2. The first kappa shape index (κ1) is 21.0. The van der Waals surface area contributed by atoms with Crippen molar-refractivity contribution in [1.82, 2.24) is 29.2 Å². The smallest absolute Gasteiger partial charge is 0.257 e. The summed E-state index contributed by atoms with van der Waals surface area (Å²) in [5.74, 6) is -0.0809. The number of nitrogens with zero attached hydrogens (tertiary/aromatic N) is 5. The molecular formula is C20H30N6O3S. The van der Waals surface area contributed by atoms with Crippen LogP contribution in [0.15, 0.2) is 17.3 Å². The van der Waals surface area contributed by atoms with Gasteiger partial charge in [0.15, 0.2) is 0 Å². The minimum atomic E-state index is -3.63. The van der Waals surface area contributed by atoms with Crippen LogP contribution in [0.5, 0.6) is 0 Å². The second kappa shape index (κ2) is 8.50. The molecule has 2 aromatic rings. The lowest BCUT2D eigenvalue weighted by Gasteiger charge is -2.32. The predicted octanol–water partition coefficient (Wildman–Crippen LogP) is 2.04. The summed E-state index contributed by atoms with van der Waals surface area (Å²) in [6.45, 7) is 4.10. The Morgan fingerprint density at radius 3 is 2.50 bits per heavy atom. The Labute approximate surface area is 177 Å². The van der Waals surface area contributed by atoms with Crippen molar-refractivity contribution in [2.75, 3.05) is 26.2 Å². The number of sulfonamides is 1. The van der Waals surface area contributed by atoms with Gasteiger partial charge in [0.05, 0.1) is 29.3 Å². The number of carbonyl (C=O) groups is 1. The summed E-state index contributed by atoms with van der Waals surface area (Å²) < 4.78 is 29.5. The molecular weight excluding hydrogens is 404 g/mol. The van der Waals surface area contributed by atoms with E-state index in [2.05, 4.69) is 15.3 Å². The third-order valence-corrected chi connectivity index (χ3v) is 8.36. The molecule has 1 atom stereocenters. The Hall–Kier alpha value is -2.20. The third kappa shape index (κ3) is 3.90. The van der Waals surface area contributed by atoms with Gasteiger partial charge in [-0.2, -0.15) is 14.5 Å². The molecule has 2 saturated heterocycles. The van der Waals surface area contributed by atoms with Crippen LogP contribution in [-0.2, 0) is 17.1 Å². The monoisotopic (exact) mass is 434 g/mol. The predicted molar refractivity (Wildman–Crippen MR) is 112 cm³/mol. The van der Waals surface area contributed by atoms with E-state index in [0.29, 0.717) is 24.3 Å². The highest BCUT2D eigenvalue weighted by Gasteiger charge is 2.35. The summed E-state index contributed by atoms with van der Waals surface area (Å²) in [6.07, 6.45) is 8.94. The summed E-state index contributed by atoms with van der Waals surface area (Å²) in [7, 11) is -1.90. The molecule has 0 saturated carbocycles. The first-order valence-electron chi connectivity index (χ1n) is 10.7. The van der Waals surface area contributed by atoms with Crippen molar-refractivity contribution in [3.63, 3.8) is 0 Å². The number of hydrogen-bond donors (Lipinski definition) is 1. The molecule has 1 amide bonds. The molecule has 2 aromatic heterocycles. The van der Waals surface area contributed by atoms with E-state index < -0.39 is 10.0 Å². The first-order chi connectivity index (χ1) is 14.4. The number of hydrogen-bond acceptors (Lipinski definition) is 5. The number of likely N-dealkylation sites (tertiary alicyclic amines) is 1. The van der Waals surface area contributed by atoms with E-state index in [4.69, 9.17) is 0 Å². The van der Waals surface area contributed by atoms with Gasteiger partial charge in [0.1, 0.15) is 4.90 Å². The summed E-state index contributed by atoms with van der Waals surface area (Å²) >= 11 is 0. The summed E-state index contributed by atoms with van der Waals surface area (Å²) in [5, 5.41) is 11.2. The molecule has 30 heavy (non-hydrogen) atoms. The second-order valence-electron chi connectivity index (χ2n) is 8.32. The molecule has 0 spiro atoms. The number of carbonyl (C=O) groups excluding carboxylic acids is 1. The van der Waals surface area contributed by atoms with Gasteiger partial charge in [-0.3, -0.25) is 14.6 Å². The van der Waals surface area contributed by atoms with Gasteiger partial charge in [-0.05, 0) is 32.6 Å². The summed E-state index contributed by atoms with van der Waals surface area (Å²) in [4.78, 5) is 15.3. The normalized spacial score (nSPS) is 21.5. The number of nitrogens with one attached hydrogen (secondary N) is 1. The molecule has 4 rings (SSSR count). The fraction of sp³-hybridized carbons (Fsp3) is 0.650. The standard InChI is InChI=1S/C20H30N6O3S/c1-15-18(13-22-24(15)2)30(28,29)26-11-7-8-16(14-26)19-17(12-21-23-19)20(27)25-9-5-3-4-6-10-25/h12-13,16H,3-11,14H2,1-2H3,(H,21,23)/t16-/m0/s1. The van der Waals surface area contributed by atoms with Crippen LogP contribution >= 0.6 is 0 Å². The van der Waals surface area contributed by atoms with Crippen LogP contribution in [0.25, 0.3) is 0 Å². The highest BCUT2D eigenvalue weighted by Crippen LogP contribution is 2.32. The molecule has 10 heteroatoms. The van der Waals surface area contributed by atoms with Crippen molar-refractivity contribution in [2.45, 2.75) is 56.3 Å². The number of amides is 1. The zero-order valence-electron chi connectivity index (χ0n) is 17.7. The Balaban J connectivity index is 1.55. The topological polar surface area (TPSA) is 104 Å². The molecule has 2 aliphatic rings. The molecule has 0 unspecified atom stereocenters. The molecule has 1 N–H and O–H groups in total. The van der Waals surface area contributed by atoms with Gasteiger partial charge < -0.3 is 4.90 Å². The van der Waals surface area contributed by atoms with E-state index in [0.717, 1.165) is 57.3 Å². The van der Waals surface area contributed by atoms with Gasteiger partial charge in [0.2, 0.25) is 10.0 Å². The Kier molecular flexibility index (Phi) is 5.97. The number of H-pyrrole nitrogens is 1. The van der Waals surface area contributed by atoms with Gasteiger partial charge in [-0.25, -0.2) is 8.42 Å². The quantitative estimate of drug-likeness (QED) is 0.793. The zero-order valence-corrected chi connectivity index (χ0v) is 18.5. The SMILES string of the molecule is Cc1c(S(=O)(=O)N2CCC[C@H](c3[nH]ncc3C(=O)N3CCCCCC3)C2)cnn1C. The van der Waals surface area contributed by atoms with Crippen LogP contribution in [0.2, 0.25) is 0 Å². The van der Waals surface area contributed by atoms with Gasteiger partial charge in [-0.1, -0.05) is 12.8 Å². The average molecular weight is 435 g/mol. The highest BCUT2D eigenvalue weighted by atomic mass is 32.2. The molecule has 0 bridgehead atoms. The van der Waals surface area contributed by atoms with Crippen LogP contribution in [0.3, 0.4) is 0 Å². The van der Waals surface area contributed by atoms with Crippen molar-refractivity contribution in [3.05, 3.63) is 29.3 Å². The van der Waals surface area contributed by atoms with Crippen LogP contribution in [0, 0.1) is 6.92 Å². The largest absolute Gasteiger partial charge is 0.339 e. The van der Waals surface area contributed by atoms with Crippen molar-refractivity contribution in [2.24, 2.45) is 7.05 Å². The fourth-order valence-electron chi connectivity index (χ4n) is 4.49. The van der Waals surface area contributed by atoms with Crippen molar-refractivity contribution in [3.8, 4) is 0 Å². The van der Waals surface area contributed by atoms with E-state index in [1.807, 2.05) is 4.90 Å². The molecule has 0 aromatic carbocycles. The van der Waals surface area contributed by atoms with Gasteiger partial charge >= 0.3 is 0 Å². The minimum Gasteiger partial charge on any atom is -0.339 e. The second-order valence-corrected chi connectivity index (χ2v) is 10.2.